The van der Waals surface area contributed by atoms with Gasteiger partial charge in [-0.05, 0) is 56.3 Å². The van der Waals surface area contributed by atoms with Crippen LogP contribution >= 0.6 is 11.6 Å². The number of benzene rings is 2. The van der Waals surface area contributed by atoms with Gasteiger partial charge in [-0.3, -0.25) is 9.59 Å². The van der Waals surface area contributed by atoms with Crippen LogP contribution in [0.2, 0.25) is 5.02 Å². The normalized spacial score (nSPS) is 21.2. The minimum absolute atomic E-state index is 0.00267. The second-order valence-corrected chi connectivity index (χ2v) is 8.90. The number of nitrogens with one attached hydrogen (secondary N) is 2. The molecule has 6 heteroatoms. The number of hydrogen-bond donors (Lipinski definition) is 2. The Kier molecular flexibility index (Phi) is 6.84. The first-order valence-electron chi connectivity index (χ1n) is 10.3. The van der Waals surface area contributed by atoms with Crippen LogP contribution in [-0.2, 0) is 16.6 Å². The average molecular weight is 428 g/mol. The van der Waals surface area contributed by atoms with Crippen molar-refractivity contribution in [3.63, 3.8) is 0 Å². The molecule has 0 heterocycles. The summed E-state index contributed by atoms with van der Waals surface area (Å²) in [4.78, 5) is 26.8. The maximum atomic E-state index is 12.8. The van der Waals surface area contributed by atoms with Gasteiger partial charge in [-0.2, -0.15) is 0 Å². The molecule has 1 fully saturated rings. The summed E-state index contributed by atoms with van der Waals surface area (Å²) < 4.78 is 0. The van der Waals surface area contributed by atoms with Gasteiger partial charge in [0.25, 0.3) is 5.91 Å². The first-order valence-corrected chi connectivity index (χ1v) is 10.6. The lowest BCUT2D eigenvalue weighted by Crippen LogP contribution is -2.42. The van der Waals surface area contributed by atoms with Crippen molar-refractivity contribution in [3.8, 4) is 0 Å². The van der Waals surface area contributed by atoms with E-state index in [-0.39, 0.29) is 29.2 Å². The number of rotatable bonds is 8. The summed E-state index contributed by atoms with van der Waals surface area (Å²) in [5.41, 5.74) is 2.61. The Balaban J connectivity index is 1.63. The molecular weight excluding hydrogens is 398 g/mol. The van der Waals surface area contributed by atoms with Crippen molar-refractivity contribution in [1.82, 2.24) is 15.5 Å². The molecule has 3 rings (SSSR count). The third-order valence-electron chi connectivity index (χ3n) is 6.22. The highest BCUT2D eigenvalue weighted by Gasteiger charge is 2.55. The smallest absolute Gasteiger partial charge is 0.251 e. The predicted molar refractivity (Wildman–Crippen MR) is 121 cm³/mol. The van der Waals surface area contributed by atoms with Crippen LogP contribution in [0.25, 0.3) is 0 Å². The highest BCUT2D eigenvalue weighted by atomic mass is 35.5. The summed E-state index contributed by atoms with van der Waals surface area (Å²) in [5.74, 6) is -0.0437. The molecule has 0 spiro atoms. The van der Waals surface area contributed by atoms with Crippen LogP contribution in [0, 0.1) is 5.92 Å². The van der Waals surface area contributed by atoms with Gasteiger partial charge < -0.3 is 15.5 Å². The van der Waals surface area contributed by atoms with Crippen LogP contribution in [0.1, 0.15) is 34.8 Å². The Morgan fingerprint density at radius 3 is 2.53 bits per heavy atom. The molecule has 2 aromatic rings. The Morgan fingerprint density at radius 1 is 1.20 bits per heavy atom. The molecule has 0 saturated heterocycles. The second-order valence-electron chi connectivity index (χ2n) is 8.49. The molecule has 2 N–H and O–H groups in total. The number of carbonyl (C=O) groups excluding carboxylic acids is 2. The van der Waals surface area contributed by atoms with Crippen molar-refractivity contribution in [3.05, 3.63) is 70.2 Å². The molecule has 2 amide bonds. The van der Waals surface area contributed by atoms with E-state index < -0.39 is 0 Å². The van der Waals surface area contributed by atoms with E-state index in [1.54, 1.807) is 19.2 Å². The largest absolute Gasteiger partial charge is 0.355 e. The van der Waals surface area contributed by atoms with Gasteiger partial charge in [0.1, 0.15) is 0 Å². The van der Waals surface area contributed by atoms with Crippen LogP contribution in [0.4, 0.5) is 0 Å². The summed E-state index contributed by atoms with van der Waals surface area (Å²) in [7, 11) is 5.58. The van der Waals surface area contributed by atoms with Crippen molar-refractivity contribution in [1.29, 1.82) is 0 Å². The van der Waals surface area contributed by atoms with Gasteiger partial charge in [-0.1, -0.05) is 48.9 Å². The predicted octanol–water partition coefficient (Wildman–Crippen LogP) is 3.27. The zero-order chi connectivity index (χ0) is 21.9. The molecular formula is C24H30ClN3O2. The fourth-order valence-corrected chi connectivity index (χ4v) is 4.13. The minimum Gasteiger partial charge on any atom is -0.355 e. The van der Waals surface area contributed by atoms with Crippen LogP contribution < -0.4 is 10.6 Å². The zero-order valence-corrected chi connectivity index (χ0v) is 18.8. The highest BCUT2D eigenvalue weighted by molar-refractivity contribution is 6.31. The van der Waals surface area contributed by atoms with Gasteiger partial charge in [-0.25, -0.2) is 0 Å². The van der Waals surface area contributed by atoms with Gasteiger partial charge in [0, 0.05) is 41.6 Å². The van der Waals surface area contributed by atoms with Gasteiger partial charge in [0.05, 0.1) is 0 Å². The molecule has 1 aliphatic carbocycles. The molecule has 0 radical (unpaired) electrons. The van der Waals surface area contributed by atoms with Crippen LogP contribution in [-0.4, -0.2) is 50.4 Å². The fourth-order valence-electron chi connectivity index (χ4n) is 3.93. The Morgan fingerprint density at radius 2 is 1.90 bits per heavy atom. The fraction of sp³-hybridized carbons (Fsp3) is 0.417. The number of carbonyl (C=O) groups is 2. The van der Waals surface area contributed by atoms with Gasteiger partial charge in [-0.15, -0.1) is 0 Å². The molecule has 1 aliphatic rings. The molecule has 0 aromatic heterocycles. The zero-order valence-electron chi connectivity index (χ0n) is 18.0. The Bertz CT molecular complexity index is 916. The molecule has 3 atom stereocenters. The van der Waals surface area contributed by atoms with Crippen molar-refractivity contribution in [2.45, 2.75) is 31.2 Å². The summed E-state index contributed by atoms with van der Waals surface area (Å²) in [6.45, 7) is 2.67. The maximum Gasteiger partial charge on any atom is 0.251 e. The number of nitrogens with zero attached hydrogens (tertiary/aromatic N) is 1. The lowest BCUT2D eigenvalue weighted by molar-refractivity contribution is -0.122. The van der Waals surface area contributed by atoms with E-state index in [0.717, 1.165) is 12.0 Å². The monoisotopic (exact) mass is 427 g/mol. The van der Waals surface area contributed by atoms with E-state index in [1.165, 1.54) is 5.56 Å². The molecule has 2 aromatic carbocycles. The van der Waals surface area contributed by atoms with E-state index in [2.05, 4.69) is 34.6 Å². The number of likely N-dealkylation sites (N-methyl/N-ethyl adjacent to an activating group) is 1. The van der Waals surface area contributed by atoms with E-state index in [0.29, 0.717) is 23.6 Å². The first kappa shape index (κ1) is 22.3. The SMILES string of the molecule is CNC(=O)c1ccc(Cl)c(C[C@@H](CNC(=O)[C@H]2C[C@]2(C)c2ccccc2)N(C)C)c1. The molecule has 30 heavy (non-hydrogen) atoms. The van der Waals surface area contributed by atoms with E-state index in [4.69, 9.17) is 11.6 Å². The molecule has 0 unspecified atom stereocenters. The minimum atomic E-state index is -0.142. The van der Waals surface area contributed by atoms with E-state index >= 15 is 0 Å². The van der Waals surface area contributed by atoms with Crippen LogP contribution in [0.5, 0.6) is 0 Å². The summed E-state index contributed by atoms with van der Waals surface area (Å²) in [5, 5.41) is 6.40. The highest BCUT2D eigenvalue weighted by Crippen LogP contribution is 2.53. The number of amides is 2. The molecule has 5 nitrogen and oxygen atoms in total. The summed E-state index contributed by atoms with van der Waals surface area (Å²) >= 11 is 6.38. The average Bonchev–Trinajstić information content (AvgIpc) is 3.45. The van der Waals surface area contributed by atoms with Crippen molar-refractivity contribution in [2.75, 3.05) is 27.7 Å². The topological polar surface area (TPSA) is 61.4 Å². The van der Waals surface area contributed by atoms with Crippen molar-refractivity contribution >= 4 is 23.4 Å². The third-order valence-corrected chi connectivity index (χ3v) is 6.59. The number of hydrogen-bond acceptors (Lipinski definition) is 3. The van der Waals surface area contributed by atoms with Crippen molar-refractivity contribution < 1.29 is 9.59 Å². The van der Waals surface area contributed by atoms with Gasteiger partial charge >= 0.3 is 0 Å². The molecule has 0 aliphatic heterocycles. The first-order chi connectivity index (χ1) is 14.3. The lowest BCUT2D eigenvalue weighted by Gasteiger charge is -2.25. The van der Waals surface area contributed by atoms with E-state index in [9.17, 15) is 9.59 Å². The summed E-state index contributed by atoms with van der Waals surface area (Å²) in [6, 6.07) is 15.6. The van der Waals surface area contributed by atoms with Crippen molar-refractivity contribution in [2.24, 2.45) is 5.92 Å². The Labute approximate surface area is 183 Å². The standard InChI is InChI=1S/C24H30ClN3O2/c1-24(18-8-6-5-7-9-18)14-20(24)23(30)27-15-19(28(3)4)13-17-12-16(22(29)26-2)10-11-21(17)25/h5-12,19-20H,13-15H2,1-4H3,(H,26,29)(H,27,30)/t19-,20+,24+/m0/s1. The van der Waals surface area contributed by atoms with Gasteiger partial charge in [0.15, 0.2) is 0 Å². The lowest BCUT2D eigenvalue weighted by atomic mass is 9.95. The third kappa shape index (κ3) is 4.85. The Hall–Kier alpha value is -2.37. The molecule has 0 bridgehead atoms. The van der Waals surface area contributed by atoms with Crippen LogP contribution in [0.3, 0.4) is 0 Å². The molecule has 160 valence electrons. The number of halogens is 1. The molecule has 1 saturated carbocycles. The summed E-state index contributed by atoms with van der Waals surface area (Å²) in [6.07, 6.45) is 1.51. The quantitative estimate of drug-likeness (QED) is 0.679. The van der Waals surface area contributed by atoms with E-state index in [1.807, 2.05) is 38.4 Å². The maximum absolute atomic E-state index is 12.8. The van der Waals surface area contributed by atoms with Crippen LogP contribution in [0.15, 0.2) is 48.5 Å². The van der Waals surface area contributed by atoms with Gasteiger partial charge in [0.2, 0.25) is 5.91 Å². The second kappa shape index (κ2) is 9.19.